The fraction of sp³-hybridized carbons (Fsp3) is 0.545. The van der Waals surface area contributed by atoms with Gasteiger partial charge in [-0.2, -0.15) is 10.2 Å². The van der Waals surface area contributed by atoms with Crippen molar-refractivity contribution in [1.82, 2.24) is 39.2 Å². The zero-order chi connectivity index (χ0) is 58.4. The maximum Gasteiger partial charge on any atom is 0.254 e. The number of amides is 2. The lowest BCUT2D eigenvalue weighted by atomic mass is 9.81. The summed E-state index contributed by atoms with van der Waals surface area (Å²) in [6, 6.07) is 1.16. The first-order chi connectivity index (χ1) is 38.9. The van der Waals surface area contributed by atoms with Crippen molar-refractivity contribution in [2.75, 3.05) is 54.4 Å². The Morgan fingerprint density at radius 2 is 0.878 bits per heavy atom. The molecule has 16 nitrogen and oxygen atoms in total. The molecule has 4 aliphatic carbocycles. The lowest BCUT2D eigenvalue weighted by molar-refractivity contribution is -0.123. The summed E-state index contributed by atoms with van der Waals surface area (Å²) in [6.45, 7) is 17.7. The van der Waals surface area contributed by atoms with Gasteiger partial charge in [-0.3, -0.25) is 28.5 Å². The van der Waals surface area contributed by atoms with Gasteiger partial charge in [0.05, 0.1) is 23.5 Å². The molecule has 6 heterocycles. The molecule has 0 unspecified atom stereocenters. The van der Waals surface area contributed by atoms with Crippen molar-refractivity contribution in [1.29, 1.82) is 0 Å². The number of fused-ring (bicyclic) bond motifs is 4. The first kappa shape index (κ1) is 57.1. The third-order valence-corrected chi connectivity index (χ3v) is 19.4. The number of ether oxygens (including phenoxy) is 4. The van der Waals surface area contributed by atoms with Crippen molar-refractivity contribution in [3.63, 3.8) is 0 Å². The van der Waals surface area contributed by atoms with E-state index in [1.54, 1.807) is 9.36 Å². The first-order valence-electron chi connectivity index (χ1n) is 29.8. The Morgan fingerprint density at radius 1 is 0.524 bits per heavy atom. The number of Topliss-reactive ketones (excluding diaryl/α,β-unsaturated/α-hetero) is 2. The van der Waals surface area contributed by atoms with Gasteiger partial charge in [0.1, 0.15) is 0 Å². The van der Waals surface area contributed by atoms with Gasteiger partial charge in [0, 0.05) is 148 Å². The number of carbonyl (C=O) groups excluding carboxylic acids is 4. The second-order valence-corrected chi connectivity index (χ2v) is 25.7. The average molecular weight is 1120 g/mol. The van der Waals surface area contributed by atoms with E-state index < -0.39 is 11.6 Å². The molecule has 4 aliphatic heterocycles. The molecular weight excluding hydrogens is 1030 g/mol. The molecule has 2 fully saturated rings. The number of hydrogen-bond donors (Lipinski definition) is 0. The fourth-order valence-electron chi connectivity index (χ4n) is 14.7. The van der Waals surface area contributed by atoms with Crippen LogP contribution >= 0.6 is 0 Å². The Labute approximate surface area is 484 Å². The molecule has 2 aromatic carbocycles. The highest BCUT2D eigenvalue weighted by atomic mass is 16.7. The lowest BCUT2D eigenvalue weighted by Gasteiger charge is -2.39. The quantitative estimate of drug-likeness (QED) is 0.148. The van der Waals surface area contributed by atoms with Crippen molar-refractivity contribution in [2.24, 2.45) is 25.9 Å². The Bertz CT molecular complexity index is 3210. The molecular formula is C66H84N8O8. The van der Waals surface area contributed by atoms with Crippen LogP contribution in [0.15, 0.2) is 70.4 Å². The summed E-state index contributed by atoms with van der Waals surface area (Å²) in [7, 11) is 12.4. The largest absolute Gasteiger partial charge is 0.448 e. The molecule has 2 saturated carbocycles. The molecule has 16 heteroatoms. The number of benzene rings is 2. The van der Waals surface area contributed by atoms with Gasteiger partial charge in [-0.15, -0.1) is 0 Å². The Balaban J connectivity index is 0.000000172. The minimum absolute atomic E-state index is 0.0558. The van der Waals surface area contributed by atoms with Crippen LogP contribution < -0.4 is 18.9 Å². The zero-order valence-electron chi connectivity index (χ0n) is 50.9. The predicted molar refractivity (Wildman–Crippen MR) is 316 cm³/mol. The standard InChI is InChI=1S/2C33H42N4O4/c2*1-19-14-20(2)26(27(38)15-19)18-37-13-12-25-28(32(37)39)21(3)30-31(29(25)22-16-34-36(7)17-22)41-33(4,40-30)23-8-10-24(11-9-23)35(5)6/h2*14,16-17,23-24H,8-13,15,18H2,1-7H3/t2*23?,24?,33-/m10/s1. The highest BCUT2D eigenvalue weighted by Crippen LogP contribution is 2.57. The molecule has 436 valence electrons. The molecule has 0 saturated heterocycles. The van der Waals surface area contributed by atoms with Crippen LogP contribution in [0, 0.1) is 25.7 Å². The third-order valence-electron chi connectivity index (χ3n) is 19.4. The Hall–Kier alpha value is -6.78. The average Bonchev–Trinajstić information content (AvgIpc) is 3.50. The number of aryl methyl sites for hydroxylation is 2. The minimum atomic E-state index is -0.797. The number of carbonyl (C=O) groups is 4. The molecule has 0 bridgehead atoms. The van der Waals surface area contributed by atoms with Crippen molar-refractivity contribution in [3.8, 4) is 45.3 Å². The lowest BCUT2D eigenvalue weighted by Crippen LogP contribution is -2.46. The Kier molecular flexibility index (Phi) is 15.1. The normalized spacial score (nSPS) is 26.1. The molecule has 82 heavy (non-hydrogen) atoms. The molecule has 8 aliphatic rings. The van der Waals surface area contributed by atoms with Crippen LogP contribution in [0.4, 0.5) is 0 Å². The van der Waals surface area contributed by atoms with Crippen LogP contribution in [0.5, 0.6) is 23.0 Å². The summed E-state index contributed by atoms with van der Waals surface area (Å²) in [5.74, 6) is 1.81. The van der Waals surface area contributed by atoms with Gasteiger partial charge in [-0.25, -0.2) is 0 Å². The van der Waals surface area contributed by atoms with E-state index in [4.69, 9.17) is 18.9 Å². The van der Waals surface area contributed by atoms with Gasteiger partial charge in [0.25, 0.3) is 23.4 Å². The highest BCUT2D eigenvalue weighted by Gasteiger charge is 2.51. The van der Waals surface area contributed by atoms with Gasteiger partial charge in [0.15, 0.2) is 34.6 Å². The van der Waals surface area contributed by atoms with E-state index in [-0.39, 0.29) is 35.2 Å². The van der Waals surface area contributed by atoms with Crippen molar-refractivity contribution >= 4 is 23.4 Å². The molecule has 0 N–H and O–H groups in total. The number of rotatable bonds is 10. The second-order valence-electron chi connectivity index (χ2n) is 25.7. The van der Waals surface area contributed by atoms with Crippen molar-refractivity contribution in [3.05, 3.63) is 104 Å². The summed E-state index contributed by atoms with van der Waals surface area (Å²) in [6.07, 6.45) is 22.5. The van der Waals surface area contributed by atoms with E-state index in [0.717, 1.165) is 141 Å². The van der Waals surface area contributed by atoms with E-state index in [1.807, 2.05) is 90.2 Å². The Morgan fingerprint density at radius 3 is 1.20 bits per heavy atom. The monoisotopic (exact) mass is 1120 g/mol. The van der Waals surface area contributed by atoms with Gasteiger partial charge in [0.2, 0.25) is 0 Å². The van der Waals surface area contributed by atoms with Crippen LogP contribution in [0.2, 0.25) is 0 Å². The van der Waals surface area contributed by atoms with Gasteiger partial charge < -0.3 is 38.5 Å². The molecule has 2 aromatic heterocycles. The fourth-order valence-corrected chi connectivity index (χ4v) is 14.7. The summed E-state index contributed by atoms with van der Waals surface area (Å²) in [5.41, 5.74) is 14.1. The number of hydrogen-bond acceptors (Lipinski definition) is 12. The van der Waals surface area contributed by atoms with Crippen molar-refractivity contribution < 1.29 is 38.1 Å². The number of allylic oxidation sites excluding steroid dienone is 6. The first-order valence-corrected chi connectivity index (χ1v) is 29.8. The van der Waals surface area contributed by atoms with Gasteiger partial charge in [-0.1, -0.05) is 23.3 Å². The summed E-state index contributed by atoms with van der Waals surface area (Å²) in [5, 5.41) is 8.89. The molecule has 4 aromatic rings. The predicted octanol–water partition coefficient (Wildman–Crippen LogP) is 10.5. The van der Waals surface area contributed by atoms with Gasteiger partial charge in [-0.05, 0) is 156 Å². The SMILES string of the molecule is CC1=CC(C)=C(CN2CCc3c(c(C)c4c(c3-c3cnn(C)c3)O[C@@](C)(C3CCC(N(C)C)CC3)O4)C2=O)C(=O)C1.CC1=CC(C)=C(CN2CCc3c(c(C)c4c(c3-c3cnn(C)c3)O[C@](C)(C3CCC(N(C)C)CC3)O4)C2=O)C(=O)C1. The van der Waals surface area contributed by atoms with E-state index in [1.165, 1.54) is 0 Å². The van der Waals surface area contributed by atoms with Gasteiger partial charge >= 0.3 is 0 Å². The maximum absolute atomic E-state index is 14.2. The summed E-state index contributed by atoms with van der Waals surface area (Å²) < 4.78 is 30.8. The van der Waals surface area contributed by atoms with E-state index in [2.05, 4.69) is 74.2 Å². The van der Waals surface area contributed by atoms with Crippen LogP contribution in [0.3, 0.4) is 0 Å². The van der Waals surface area contributed by atoms with Crippen molar-refractivity contribution in [2.45, 2.75) is 156 Å². The van der Waals surface area contributed by atoms with Crippen LogP contribution in [-0.2, 0) is 36.5 Å². The number of aromatic nitrogens is 4. The topological polar surface area (TPSA) is 154 Å². The van der Waals surface area contributed by atoms with E-state index in [9.17, 15) is 19.2 Å². The van der Waals surface area contributed by atoms with Crippen LogP contribution in [-0.4, -0.2) is 141 Å². The molecule has 2 amide bonds. The molecule has 0 radical (unpaired) electrons. The number of ketones is 2. The third kappa shape index (κ3) is 10.2. The summed E-state index contributed by atoms with van der Waals surface area (Å²) >= 11 is 0. The molecule has 12 rings (SSSR count). The molecule has 2 atom stereocenters. The van der Waals surface area contributed by atoms with Crippen LogP contribution in [0.1, 0.15) is 149 Å². The van der Waals surface area contributed by atoms with E-state index in [0.29, 0.717) is 86.6 Å². The second kappa shape index (κ2) is 21.8. The zero-order valence-corrected chi connectivity index (χ0v) is 50.9. The summed E-state index contributed by atoms with van der Waals surface area (Å²) in [4.78, 5) is 62.5. The smallest absolute Gasteiger partial charge is 0.254 e. The van der Waals surface area contributed by atoms with Crippen LogP contribution in [0.25, 0.3) is 22.3 Å². The molecule has 0 spiro atoms. The highest BCUT2D eigenvalue weighted by molar-refractivity contribution is 6.06. The minimum Gasteiger partial charge on any atom is -0.448 e. The number of nitrogens with zero attached hydrogens (tertiary/aromatic N) is 8. The van der Waals surface area contributed by atoms with E-state index >= 15 is 0 Å². The maximum atomic E-state index is 14.2.